The van der Waals surface area contributed by atoms with Gasteiger partial charge in [0, 0.05) is 41.2 Å². The van der Waals surface area contributed by atoms with Crippen LogP contribution in [0.4, 0.5) is 21.9 Å². The number of halogens is 2. The number of hydrogen-bond donors (Lipinski definition) is 1. The van der Waals surface area contributed by atoms with Gasteiger partial charge in [0.1, 0.15) is 0 Å². The van der Waals surface area contributed by atoms with Crippen molar-refractivity contribution in [1.29, 1.82) is 0 Å². The van der Waals surface area contributed by atoms with Crippen LogP contribution in [0.3, 0.4) is 0 Å². The highest BCUT2D eigenvalue weighted by atomic mass is 35.5. The highest BCUT2D eigenvalue weighted by Crippen LogP contribution is 2.39. The van der Waals surface area contributed by atoms with Crippen molar-refractivity contribution in [2.75, 3.05) is 18.5 Å². The van der Waals surface area contributed by atoms with Crippen molar-refractivity contribution in [3.63, 3.8) is 0 Å². The Kier molecular flexibility index (Phi) is 6.06. The molecule has 1 unspecified atom stereocenters. The van der Waals surface area contributed by atoms with E-state index in [0.29, 0.717) is 28.0 Å². The molecule has 9 heteroatoms. The number of carboxylic acid groups (broad SMARTS) is 1. The molecule has 0 radical (unpaired) electrons. The molecule has 1 amide bonds. The number of non-ortho nitro benzene ring substituents is 1. The van der Waals surface area contributed by atoms with Gasteiger partial charge < -0.3 is 10.0 Å². The second-order valence-electron chi connectivity index (χ2n) is 7.69. The number of likely N-dealkylation sites (N-methyl/N-ethyl adjacent to an activating group) is 1. The van der Waals surface area contributed by atoms with Gasteiger partial charge in [-0.3, -0.25) is 10.1 Å². The average Bonchev–Trinajstić information content (AvgIpc) is 2.74. The smallest absolute Gasteiger partial charge is 0.416 e. The van der Waals surface area contributed by atoms with Crippen LogP contribution in [0.25, 0.3) is 0 Å². The van der Waals surface area contributed by atoms with E-state index in [2.05, 4.69) is 4.90 Å². The predicted molar refractivity (Wildman–Crippen MR) is 124 cm³/mol. The van der Waals surface area contributed by atoms with Gasteiger partial charge in [-0.1, -0.05) is 35.3 Å². The van der Waals surface area contributed by atoms with Crippen LogP contribution in [0.1, 0.15) is 22.6 Å². The molecule has 0 bridgehead atoms. The molecule has 3 aromatic rings. The predicted octanol–water partition coefficient (Wildman–Crippen LogP) is 6.30. The molecule has 1 atom stereocenters. The zero-order chi connectivity index (χ0) is 23.0. The van der Waals surface area contributed by atoms with Crippen LogP contribution >= 0.6 is 23.2 Å². The molecule has 1 heterocycles. The highest BCUT2D eigenvalue weighted by Gasteiger charge is 2.28. The third kappa shape index (κ3) is 4.27. The maximum absolute atomic E-state index is 12.1. The number of benzene rings is 3. The van der Waals surface area contributed by atoms with Crippen LogP contribution < -0.4 is 4.90 Å². The van der Waals surface area contributed by atoms with Gasteiger partial charge in [-0.05, 0) is 60.1 Å². The Morgan fingerprint density at radius 3 is 2.50 bits per heavy atom. The molecule has 4 rings (SSSR count). The largest absolute Gasteiger partial charge is 0.464 e. The van der Waals surface area contributed by atoms with E-state index >= 15 is 0 Å². The second kappa shape index (κ2) is 8.78. The Balaban J connectivity index is 1.76. The molecule has 0 aliphatic carbocycles. The van der Waals surface area contributed by atoms with Gasteiger partial charge in [0.25, 0.3) is 5.69 Å². The third-order valence-electron chi connectivity index (χ3n) is 5.53. The summed E-state index contributed by atoms with van der Waals surface area (Å²) in [5.41, 5.74) is 3.59. The van der Waals surface area contributed by atoms with E-state index in [1.54, 1.807) is 18.2 Å². The van der Waals surface area contributed by atoms with E-state index in [-0.39, 0.29) is 11.6 Å². The van der Waals surface area contributed by atoms with Crippen LogP contribution in [0.2, 0.25) is 10.0 Å². The number of amides is 1. The highest BCUT2D eigenvalue weighted by molar-refractivity contribution is 6.35. The molecule has 0 aromatic heterocycles. The Bertz CT molecular complexity index is 1200. The van der Waals surface area contributed by atoms with Crippen LogP contribution in [0, 0.1) is 10.1 Å². The van der Waals surface area contributed by atoms with E-state index in [0.717, 1.165) is 28.1 Å². The number of nitro groups is 1. The lowest BCUT2D eigenvalue weighted by molar-refractivity contribution is -0.384. The standard InChI is InChI=1S/C23H19Cl2N3O4/c1-26-12-20(19-10-15(24)11-22(25)21(19)13-26)14-3-2-4-18(9-14)27(23(29)30)16-5-7-17(8-6-16)28(31)32/h2-11,20H,12-13H2,1H3,(H,29,30). The molecule has 7 nitrogen and oxygen atoms in total. The minimum absolute atomic E-state index is 0.0487. The maximum atomic E-state index is 12.1. The Hall–Kier alpha value is -3.13. The number of carbonyl (C=O) groups is 1. The van der Waals surface area contributed by atoms with Crippen LogP contribution in [-0.4, -0.2) is 34.6 Å². The number of hydrogen-bond acceptors (Lipinski definition) is 4. The second-order valence-corrected chi connectivity index (χ2v) is 8.53. The molecule has 1 aliphatic heterocycles. The number of fused-ring (bicyclic) bond motifs is 1. The summed E-state index contributed by atoms with van der Waals surface area (Å²) in [5, 5.41) is 22.0. The van der Waals surface area contributed by atoms with Gasteiger partial charge in [0.2, 0.25) is 0 Å². The zero-order valence-corrected chi connectivity index (χ0v) is 18.5. The number of rotatable bonds is 4. The van der Waals surface area contributed by atoms with Gasteiger partial charge in [-0.25, -0.2) is 9.69 Å². The normalized spacial score (nSPS) is 15.8. The minimum atomic E-state index is -1.19. The lowest BCUT2D eigenvalue weighted by atomic mass is 9.84. The number of anilines is 2. The van der Waals surface area contributed by atoms with E-state index in [1.807, 2.05) is 25.2 Å². The van der Waals surface area contributed by atoms with Crippen molar-refractivity contribution < 1.29 is 14.8 Å². The van der Waals surface area contributed by atoms with Gasteiger partial charge in [-0.2, -0.15) is 0 Å². The Morgan fingerprint density at radius 1 is 1.12 bits per heavy atom. The van der Waals surface area contributed by atoms with Gasteiger partial charge in [0.05, 0.1) is 16.3 Å². The lowest BCUT2D eigenvalue weighted by Crippen LogP contribution is -2.31. The third-order valence-corrected chi connectivity index (χ3v) is 6.09. The molecule has 0 saturated carbocycles. The summed E-state index contributed by atoms with van der Waals surface area (Å²) >= 11 is 12.7. The molecular weight excluding hydrogens is 453 g/mol. The van der Waals surface area contributed by atoms with E-state index < -0.39 is 11.0 Å². The van der Waals surface area contributed by atoms with Crippen molar-refractivity contribution in [3.8, 4) is 0 Å². The SMILES string of the molecule is CN1Cc2c(Cl)cc(Cl)cc2C(c2cccc(N(C(=O)O)c3ccc([N+](=O)[O-])cc3)c2)C1. The molecule has 0 fully saturated rings. The first-order valence-electron chi connectivity index (χ1n) is 9.78. The maximum Gasteiger partial charge on any atom is 0.416 e. The van der Waals surface area contributed by atoms with E-state index in [9.17, 15) is 20.0 Å². The van der Waals surface area contributed by atoms with Crippen molar-refractivity contribution in [2.24, 2.45) is 0 Å². The first-order valence-corrected chi connectivity index (χ1v) is 10.5. The van der Waals surface area contributed by atoms with Gasteiger partial charge in [-0.15, -0.1) is 0 Å². The quantitative estimate of drug-likeness (QED) is 0.356. The lowest BCUT2D eigenvalue weighted by Gasteiger charge is -2.34. The van der Waals surface area contributed by atoms with E-state index in [1.165, 1.54) is 24.3 Å². The zero-order valence-electron chi connectivity index (χ0n) is 17.0. The Morgan fingerprint density at radius 2 is 1.84 bits per heavy atom. The van der Waals surface area contributed by atoms with Crippen LogP contribution in [0.5, 0.6) is 0 Å². The summed E-state index contributed by atoms with van der Waals surface area (Å²) < 4.78 is 0. The summed E-state index contributed by atoms with van der Waals surface area (Å²) in [6, 6.07) is 16.3. The van der Waals surface area contributed by atoms with Crippen LogP contribution in [-0.2, 0) is 6.54 Å². The molecule has 0 spiro atoms. The van der Waals surface area contributed by atoms with Crippen molar-refractivity contribution >= 4 is 46.4 Å². The summed E-state index contributed by atoms with van der Waals surface area (Å²) in [7, 11) is 2.01. The van der Waals surface area contributed by atoms with Gasteiger partial charge >= 0.3 is 6.09 Å². The fourth-order valence-electron chi connectivity index (χ4n) is 4.10. The van der Waals surface area contributed by atoms with Gasteiger partial charge in [0.15, 0.2) is 0 Å². The molecule has 32 heavy (non-hydrogen) atoms. The Labute approximate surface area is 194 Å². The molecule has 1 aliphatic rings. The average molecular weight is 472 g/mol. The van der Waals surface area contributed by atoms with Crippen molar-refractivity contribution in [2.45, 2.75) is 12.5 Å². The molecule has 0 saturated heterocycles. The monoisotopic (exact) mass is 471 g/mol. The molecule has 164 valence electrons. The molecule has 3 aromatic carbocycles. The first kappa shape index (κ1) is 22.1. The fraction of sp³-hybridized carbons (Fsp3) is 0.174. The summed E-state index contributed by atoms with van der Waals surface area (Å²) in [6.07, 6.45) is -1.19. The molecular formula is C23H19Cl2N3O4. The first-order chi connectivity index (χ1) is 15.2. The summed E-state index contributed by atoms with van der Waals surface area (Å²) in [4.78, 5) is 25.8. The van der Waals surface area contributed by atoms with E-state index in [4.69, 9.17) is 23.2 Å². The summed E-state index contributed by atoms with van der Waals surface area (Å²) in [5.74, 6) is -0.0487. The summed E-state index contributed by atoms with van der Waals surface area (Å²) in [6.45, 7) is 1.42. The minimum Gasteiger partial charge on any atom is -0.464 e. The molecule has 1 N–H and O–H groups in total. The van der Waals surface area contributed by atoms with Crippen molar-refractivity contribution in [1.82, 2.24) is 4.90 Å². The van der Waals surface area contributed by atoms with Crippen LogP contribution in [0.15, 0.2) is 60.7 Å². The number of nitro benzene ring substituents is 1. The topological polar surface area (TPSA) is 86.9 Å². The van der Waals surface area contributed by atoms with Crippen molar-refractivity contribution in [3.05, 3.63) is 97.5 Å². The fourth-order valence-corrected chi connectivity index (χ4v) is 4.67. The number of nitrogens with zero attached hydrogens (tertiary/aromatic N) is 3.